The summed E-state index contributed by atoms with van der Waals surface area (Å²) in [7, 11) is 0. The first-order valence-electron chi connectivity index (χ1n) is 7.93. The van der Waals surface area contributed by atoms with Crippen molar-refractivity contribution in [2.45, 2.75) is 31.8 Å². The molecule has 1 aromatic carbocycles. The highest BCUT2D eigenvalue weighted by Gasteiger charge is 2.18. The number of rotatable bonds is 4. The quantitative estimate of drug-likeness (QED) is 0.717. The Balaban J connectivity index is 2.49. The average Bonchev–Trinajstić information content (AvgIpc) is 2.61. The molecule has 0 aliphatic carbocycles. The van der Waals surface area contributed by atoms with E-state index in [0.29, 0.717) is 17.8 Å². The number of H-pyrrole nitrogens is 1. The molecule has 25 heavy (non-hydrogen) atoms. The van der Waals surface area contributed by atoms with Crippen LogP contribution in [0.25, 0.3) is 22.3 Å². The molecule has 1 N–H and O–H groups in total. The second-order valence-electron chi connectivity index (χ2n) is 5.42. The summed E-state index contributed by atoms with van der Waals surface area (Å²) in [6.45, 7) is 4.08. The molecule has 0 unspecified atom stereocenters. The molecule has 0 bridgehead atoms. The van der Waals surface area contributed by atoms with Gasteiger partial charge in [-0.1, -0.05) is 12.1 Å². The summed E-state index contributed by atoms with van der Waals surface area (Å²) in [5.41, 5.74) is -0.286. The van der Waals surface area contributed by atoms with Gasteiger partial charge in [0.25, 0.3) is 5.56 Å². The van der Waals surface area contributed by atoms with E-state index in [1.54, 1.807) is 25.6 Å². The lowest BCUT2D eigenvalue weighted by atomic mass is 10.1. The Bertz CT molecular complexity index is 1110. The van der Waals surface area contributed by atoms with Crippen molar-refractivity contribution in [1.82, 2.24) is 19.1 Å². The fraction of sp³-hybridized carbons (Fsp3) is 0.294. The number of aromatic amines is 1. The molecule has 130 valence electrons. The van der Waals surface area contributed by atoms with Crippen molar-refractivity contribution in [1.29, 1.82) is 0 Å². The van der Waals surface area contributed by atoms with Crippen LogP contribution in [0.3, 0.4) is 0 Å². The Labute approximate surface area is 147 Å². The smallest absolute Gasteiger partial charge is 0.304 e. The number of benzene rings is 1. The number of aromatic nitrogens is 4. The molecule has 0 radical (unpaired) electrons. The predicted octanol–water partition coefficient (Wildman–Crippen LogP) is 1.68. The maximum Gasteiger partial charge on any atom is 0.347 e. The molecule has 0 atom stereocenters. The molecule has 2 aromatic heterocycles. The van der Waals surface area contributed by atoms with E-state index < -0.39 is 16.9 Å². The Morgan fingerprint density at radius 2 is 1.68 bits per heavy atom. The standard InChI is InChI=1S/C17H18N4O3S/c1-4-20-14-12(15(22)21(5-2)17(20)24)13(18-16(23)19-14)10-6-8-11(25-3)9-7-10/h6-9H,4-5H2,1-3H3,(H,18,19,23). The second-order valence-corrected chi connectivity index (χ2v) is 6.30. The SMILES string of the molecule is CCn1c(=O)c2c(-c3ccc(SC)cc3)[nH]c(=O)nc2n(CC)c1=O. The second kappa shape index (κ2) is 6.72. The molecule has 0 aliphatic rings. The number of nitrogens with zero attached hydrogens (tertiary/aromatic N) is 3. The van der Waals surface area contributed by atoms with E-state index in [2.05, 4.69) is 9.97 Å². The molecule has 8 heteroatoms. The zero-order valence-electron chi connectivity index (χ0n) is 14.2. The Kier molecular flexibility index (Phi) is 4.63. The van der Waals surface area contributed by atoms with Gasteiger partial charge in [-0.3, -0.25) is 13.9 Å². The summed E-state index contributed by atoms with van der Waals surface area (Å²) in [6, 6.07) is 7.51. The summed E-state index contributed by atoms with van der Waals surface area (Å²) < 4.78 is 2.51. The van der Waals surface area contributed by atoms with E-state index >= 15 is 0 Å². The van der Waals surface area contributed by atoms with Crippen LogP contribution in [-0.2, 0) is 13.1 Å². The van der Waals surface area contributed by atoms with Gasteiger partial charge < -0.3 is 4.98 Å². The highest BCUT2D eigenvalue weighted by atomic mass is 32.2. The Hall–Kier alpha value is -2.61. The topological polar surface area (TPSA) is 89.8 Å². The van der Waals surface area contributed by atoms with Crippen molar-refractivity contribution >= 4 is 22.8 Å². The molecular weight excluding hydrogens is 340 g/mol. The van der Waals surface area contributed by atoms with E-state index in [1.807, 2.05) is 30.5 Å². The number of thioether (sulfide) groups is 1. The predicted molar refractivity (Wildman–Crippen MR) is 99.4 cm³/mol. The van der Waals surface area contributed by atoms with Crippen molar-refractivity contribution in [3.05, 3.63) is 55.6 Å². The first kappa shape index (κ1) is 17.2. The number of hydrogen-bond donors (Lipinski definition) is 1. The largest absolute Gasteiger partial charge is 0.347 e. The molecule has 3 aromatic rings. The van der Waals surface area contributed by atoms with Gasteiger partial charge in [-0.25, -0.2) is 9.59 Å². The number of nitrogens with one attached hydrogen (secondary N) is 1. The molecule has 0 fully saturated rings. The van der Waals surface area contributed by atoms with E-state index in [1.165, 1.54) is 4.57 Å². The average molecular weight is 358 g/mol. The lowest BCUT2D eigenvalue weighted by Gasteiger charge is -2.13. The molecule has 3 rings (SSSR count). The minimum absolute atomic E-state index is 0.120. The summed E-state index contributed by atoms with van der Waals surface area (Å²) in [5.74, 6) is 0. The van der Waals surface area contributed by atoms with E-state index in [0.717, 1.165) is 9.46 Å². The van der Waals surface area contributed by atoms with Crippen LogP contribution < -0.4 is 16.9 Å². The summed E-state index contributed by atoms with van der Waals surface area (Å²) in [4.78, 5) is 45.0. The van der Waals surface area contributed by atoms with Gasteiger partial charge in [-0.2, -0.15) is 4.98 Å². The van der Waals surface area contributed by atoms with Gasteiger partial charge in [-0.05, 0) is 37.8 Å². The van der Waals surface area contributed by atoms with Crippen molar-refractivity contribution < 1.29 is 0 Å². The lowest BCUT2D eigenvalue weighted by molar-refractivity contribution is 0.604. The number of hydrogen-bond acceptors (Lipinski definition) is 5. The summed E-state index contributed by atoms with van der Waals surface area (Å²) in [6.07, 6.45) is 1.97. The van der Waals surface area contributed by atoms with Gasteiger partial charge in [0, 0.05) is 18.0 Å². The van der Waals surface area contributed by atoms with Crippen LogP contribution in [0, 0.1) is 0 Å². The summed E-state index contributed by atoms with van der Waals surface area (Å²) >= 11 is 1.60. The van der Waals surface area contributed by atoms with Gasteiger partial charge in [0.1, 0.15) is 5.39 Å². The van der Waals surface area contributed by atoms with Gasteiger partial charge in [0.2, 0.25) is 0 Å². The van der Waals surface area contributed by atoms with Crippen molar-refractivity contribution in [2.24, 2.45) is 0 Å². The first-order valence-corrected chi connectivity index (χ1v) is 9.16. The van der Waals surface area contributed by atoms with Crippen molar-refractivity contribution in [3.63, 3.8) is 0 Å². The van der Waals surface area contributed by atoms with E-state index in [4.69, 9.17) is 0 Å². The maximum absolute atomic E-state index is 12.9. The molecule has 2 heterocycles. The maximum atomic E-state index is 12.9. The van der Waals surface area contributed by atoms with Gasteiger partial charge >= 0.3 is 11.4 Å². The molecular formula is C17H18N4O3S. The highest BCUT2D eigenvalue weighted by molar-refractivity contribution is 7.98. The molecule has 7 nitrogen and oxygen atoms in total. The molecule has 0 aliphatic heterocycles. The minimum Gasteiger partial charge on any atom is -0.304 e. The molecule has 0 amide bonds. The monoisotopic (exact) mass is 358 g/mol. The third-order valence-electron chi connectivity index (χ3n) is 4.10. The summed E-state index contributed by atoms with van der Waals surface area (Å²) in [5, 5.41) is 0.250. The van der Waals surface area contributed by atoms with Crippen LogP contribution in [0.4, 0.5) is 0 Å². The highest BCUT2D eigenvalue weighted by Crippen LogP contribution is 2.24. The molecule has 0 saturated carbocycles. The molecule has 0 spiro atoms. The number of aryl methyl sites for hydroxylation is 1. The Morgan fingerprint density at radius 1 is 1.04 bits per heavy atom. The fourth-order valence-corrected chi connectivity index (χ4v) is 3.26. The molecule has 0 saturated heterocycles. The lowest BCUT2D eigenvalue weighted by Crippen LogP contribution is -2.41. The van der Waals surface area contributed by atoms with Crippen molar-refractivity contribution in [2.75, 3.05) is 6.26 Å². The van der Waals surface area contributed by atoms with Crippen LogP contribution in [0.15, 0.2) is 43.5 Å². The first-order chi connectivity index (χ1) is 12.0. The van der Waals surface area contributed by atoms with E-state index in [9.17, 15) is 14.4 Å². The van der Waals surface area contributed by atoms with Crippen LogP contribution in [0.5, 0.6) is 0 Å². The van der Waals surface area contributed by atoms with Crippen LogP contribution in [0.1, 0.15) is 13.8 Å². The third kappa shape index (κ3) is 2.82. The van der Waals surface area contributed by atoms with Crippen LogP contribution in [-0.4, -0.2) is 25.4 Å². The van der Waals surface area contributed by atoms with Gasteiger partial charge in [-0.15, -0.1) is 11.8 Å². The Morgan fingerprint density at radius 3 is 2.24 bits per heavy atom. The van der Waals surface area contributed by atoms with Gasteiger partial charge in [0.05, 0.1) is 5.69 Å². The third-order valence-corrected chi connectivity index (χ3v) is 4.84. The zero-order valence-corrected chi connectivity index (χ0v) is 15.0. The number of fused-ring (bicyclic) bond motifs is 1. The fourth-order valence-electron chi connectivity index (χ4n) is 2.86. The van der Waals surface area contributed by atoms with Crippen LogP contribution in [0.2, 0.25) is 0 Å². The van der Waals surface area contributed by atoms with Gasteiger partial charge in [0.15, 0.2) is 5.65 Å². The van der Waals surface area contributed by atoms with E-state index in [-0.39, 0.29) is 17.6 Å². The normalized spacial score (nSPS) is 11.2. The minimum atomic E-state index is -0.591. The van der Waals surface area contributed by atoms with Crippen LogP contribution >= 0.6 is 11.8 Å². The van der Waals surface area contributed by atoms with Crippen molar-refractivity contribution in [3.8, 4) is 11.3 Å². The zero-order chi connectivity index (χ0) is 18.1.